The van der Waals surface area contributed by atoms with E-state index in [1.54, 1.807) is 6.92 Å². The Balaban J connectivity index is 1.79. The molecule has 3 aliphatic heterocycles. The predicted molar refractivity (Wildman–Crippen MR) is 97.0 cm³/mol. The lowest BCUT2D eigenvalue weighted by Gasteiger charge is -2.47. The average molecular weight is 456 g/mol. The first-order valence-electron chi connectivity index (χ1n) is 10.2. The molecule has 182 valence electrons. The molecule has 3 saturated heterocycles. The first kappa shape index (κ1) is 25.1. The van der Waals surface area contributed by atoms with E-state index in [4.69, 9.17) is 23.7 Å². The fourth-order valence-corrected chi connectivity index (χ4v) is 3.86. The van der Waals surface area contributed by atoms with Gasteiger partial charge in [-0.1, -0.05) is 0 Å². The lowest BCUT2D eigenvalue weighted by Crippen LogP contribution is -2.65. The van der Waals surface area contributed by atoms with E-state index in [0.717, 1.165) is 0 Å². The van der Waals surface area contributed by atoms with Crippen LogP contribution in [0.5, 0.6) is 0 Å². The van der Waals surface area contributed by atoms with Gasteiger partial charge < -0.3 is 64.5 Å². The number of aliphatic hydroxyl groups is 8. The minimum atomic E-state index is -1.76. The molecular formula is C18H32O13. The molecule has 0 amide bonds. The van der Waals surface area contributed by atoms with Crippen LogP contribution in [0, 0.1) is 0 Å². The summed E-state index contributed by atoms with van der Waals surface area (Å²) in [5.74, 6) is 0. The molecule has 13 nitrogen and oxygen atoms in total. The van der Waals surface area contributed by atoms with Gasteiger partial charge in [0.2, 0.25) is 0 Å². The summed E-state index contributed by atoms with van der Waals surface area (Å²) < 4.78 is 27.2. The normalized spacial score (nSPS) is 54.0. The topological polar surface area (TPSA) is 208 Å². The van der Waals surface area contributed by atoms with Gasteiger partial charge in [-0.2, -0.15) is 0 Å². The van der Waals surface area contributed by atoms with Crippen molar-refractivity contribution in [2.75, 3.05) is 6.61 Å². The van der Waals surface area contributed by atoms with Crippen molar-refractivity contribution in [3.8, 4) is 0 Å². The predicted octanol–water partition coefficient (Wildman–Crippen LogP) is -4.49. The van der Waals surface area contributed by atoms with Gasteiger partial charge in [0.1, 0.15) is 48.8 Å². The van der Waals surface area contributed by atoms with Crippen LogP contribution < -0.4 is 0 Å². The highest BCUT2D eigenvalue weighted by atomic mass is 16.8. The molecule has 0 aromatic heterocycles. The van der Waals surface area contributed by atoms with Gasteiger partial charge in [-0.05, 0) is 13.8 Å². The molecule has 0 bridgehead atoms. The molecule has 31 heavy (non-hydrogen) atoms. The van der Waals surface area contributed by atoms with Crippen LogP contribution in [0.4, 0.5) is 0 Å². The zero-order chi connectivity index (χ0) is 23.0. The Bertz CT molecular complexity index is 581. The minimum Gasteiger partial charge on any atom is -0.394 e. The molecule has 0 aromatic rings. The summed E-state index contributed by atoms with van der Waals surface area (Å²) in [6.07, 6.45) is -18.9. The highest BCUT2D eigenvalue weighted by Crippen LogP contribution is 2.32. The first-order chi connectivity index (χ1) is 14.5. The van der Waals surface area contributed by atoms with Crippen molar-refractivity contribution >= 4 is 0 Å². The fourth-order valence-electron chi connectivity index (χ4n) is 3.86. The summed E-state index contributed by atoms with van der Waals surface area (Å²) in [5.41, 5.74) is 0. The Morgan fingerprint density at radius 1 is 0.677 bits per heavy atom. The second-order valence-electron chi connectivity index (χ2n) is 8.20. The van der Waals surface area contributed by atoms with Gasteiger partial charge in [0.25, 0.3) is 0 Å². The van der Waals surface area contributed by atoms with E-state index in [1.165, 1.54) is 6.92 Å². The average Bonchev–Trinajstić information content (AvgIpc) is 2.72. The molecule has 13 heteroatoms. The van der Waals surface area contributed by atoms with Crippen LogP contribution in [0.25, 0.3) is 0 Å². The molecule has 3 aliphatic rings. The SMILES string of the molecule is C[C@H]1O[C@@H](O[C@H]2[C@@H](O[C@H]3O[C@H](C)[C@H](O)C[C@H]3O)[C@H](O)[C@@H](CO)O[C@@H]2O)[C@H](O)[C@@H](O)[C@H]1O. The van der Waals surface area contributed by atoms with Crippen LogP contribution in [0.3, 0.4) is 0 Å². The summed E-state index contributed by atoms with van der Waals surface area (Å²) in [6, 6.07) is 0. The lowest BCUT2D eigenvalue weighted by molar-refractivity contribution is -0.381. The van der Waals surface area contributed by atoms with Crippen molar-refractivity contribution in [1.82, 2.24) is 0 Å². The first-order valence-corrected chi connectivity index (χ1v) is 10.2. The van der Waals surface area contributed by atoms with Gasteiger partial charge in [0.15, 0.2) is 18.9 Å². The molecule has 0 spiro atoms. The standard InChI is InChI=1S/C18H32O13/c1-5-7(20)3-8(21)17(27-5)30-14-11(23)9(4-19)29-16(26)15(14)31-18-13(25)12(24)10(22)6(2)28-18/h5-26H,3-4H2,1-2H3/t5-,6-,7-,8-,9-,10+,11-,12+,13-,14+,15+,16+,17-,18+/m1/s1. The van der Waals surface area contributed by atoms with Crippen molar-refractivity contribution < 1.29 is 64.5 Å². The van der Waals surface area contributed by atoms with Crippen molar-refractivity contribution in [3.05, 3.63) is 0 Å². The van der Waals surface area contributed by atoms with Crippen molar-refractivity contribution in [1.29, 1.82) is 0 Å². The van der Waals surface area contributed by atoms with Crippen molar-refractivity contribution in [2.45, 2.75) is 106 Å². The maximum atomic E-state index is 10.6. The van der Waals surface area contributed by atoms with Crippen LogP contribution >= 0.6 is 0 Å². The Labute approximate surface area is 178 Å². The van der Waals surface area contributed by atoms with Crippen molar-refractivity contribution in [3.63, 3.8) is 0 Å². The highest BCUT2D eigenvalue weighted by molar-refractivity contribution is 4.94. The van der Waals surface area contributed by atoms with Gasteiger partial charge in [-0.25, -0.2) is 0 Å². The second-order valence-corrected chi connectivity index (χ2v) is 8.20. The molecule has 0 aromatic carbocycles. The monoisotopic (exact) mass is 456 g/mol. The number of rotatable bonds is 5. The maximum absolute atomic E-state index is 10.6. The molecular weight excluding hydrogens is 424 g/mol. The summed E-state index contributed by atoms with van der Waals surface area (Å²) >= 11 is 0. The third-order valence-electron chi connectivity index (χ3n) is 5.90. The van der Waals surface area contributed by atoms with Gasteiger partial charge in [0, 0.05) is 6.42 Å². The smallest absolute Gasteiger partial charge is 0.187 e. The van der Waals surface area contributed by atoms with E-state index in [9.17, 15) is 40.9 Å². The van der Waals surface area contributed by atoms with Gasteiger partial charge in [-0.15, -0.1) is 0 Å². The van der Waals surface area contributed by atoms with E-state index >= 15 is 0 Å². The van der Waals surface area contributed by atoms with Gasteiger partial charge in [-0.3, -0.25) is 0 Å². The van der Waals surface area contributed by atoms with Crippen LogP contribution in [0.2, 0.25) is 0 Å². The molecule has 14 atom stereocenters. The Morgan fingerprint density at radius 3 is 1.94 bits per heavy atom. The molecule has 0 unspecified atom stereocenters. The molecule has 0 saturated carbocycles. The van der Waals surface area contributed by atoms with Crippen LogP contribution in [-0.4, -0.2) is 133 Å². The van der Waals surface area contributed by atoms with E-state index in [2.05, 4.69) is 0 Å². The Kier molecular flexibility index (Phi) is 8.24. The Hall–Kier alpha value is -0.520. The summed E-state index contributed by atoms with van der Waals surface area (Å²) in [6.45, 7) is 2.33. The second kappa shape index (κ2) is 10.2. The molecule has 3 rings (SSSR count). The highest BCUT2D eigenvalue weighted by Gasteiger charge is 2.52. The molecule has 0 radical (unpaired) electrons. The maximum Gasteiger partial charge on any atom is 0.187 e. The summed E-state index contributed by atoms with van der Waals surface area (Å²) in [4.78, 5) is 0. The van der Waals surface area contributed by atoms with E-state index < -0.39 is 92.6 Å². The number of aliphatic hydroxyl groups excluding tert-OH is 8. The molecule has 8 N–H and O–H groups in total. The largest absolute Gasteiger partial charge is 0.394 e. The van der Waals surface area contributed by atoms with Crippen LogP contribution in [0.1, 0.15) is 20.3 Å². The lowest BCUT2D eigenvalue weighted by atomic mass is 9.97. The zero-order valence-electron chi connectivity index (χ0n) is 17.1. The van der Waals surface area contributed by atoms with Crippen LogP contribution in [-0.2, 0) is 23.7 Å². The number of hydrogen-bond donors (Lipinski definition) is 8. The third kappa shape index (κ3) is 5.19. The van der Waals surface area contributed by atoms with Gasteiger partial charge in [0.05, 0.1) is 24.9 Å². The molecule has 3 fully saturated rings. The molecule has 3 heterocycles. The zero-order valence-corrected chi connectivity index (χ0v) is 17.1. The fraction of sp³-hybridized carbons (Fsp3) is 1.00. The number of ether oxygens (including phenoxy) is 5. The summed E-state index contributed by atoms with van der Waals surface area (Å²) in [7, 11) is 0. The summed E-state index contributed by atoms with van der Waals surface area (Å²) in [5, 5.41) is 80.5. The number of hydrogen-bond acceptors (Lipinski definition) is 13. The van der Waals surface area contributed by atoms with E-state index in [1.807, 2.05) is 0 Å². The quantitative estimate of drug-likeness (QED) is 0.196. The van der Waals surface area contributed by atoms with Gasteiger partial charge >= 0.3 is 0 Å². The van der Waals surface area contributed by atoms with E-state index in [-0.39, 0.29) is 6.42 Å². The third-order valence-corrected chi connectivity index (χ3v) is 5.90. The minimum absolute atomic E-state index is 0.0608. The molecule has 0 aliphatic carbocycles. The Morgan fingerprint density at radius 2 is 1.29 bits per heavy atom. The van der Waals surface area contributed by atoms with Crippen molar-refractivity contribution in [2.24, 2.45) is 0 Å². The van der Waals surface area contributed by atoms with Crippen LogP contribution in [0.15, 0.2) is 0 Å². The van der Waals surface area contributed by atoms with E-state index in [0.29, 0.717) is 0 Å².